The molecule has 0 aliphatic heterocycles. The molecule has 0 spiro atoms. The van der Waals surface area contributed by atoms with Gasteiger partial charge in [0.1, 0.15) is 29.0 Å². The van der Waals surface area contributed by atoms with E-state index in [9.17, 15) is 9.18 Å². The lowest BCUT2D eigenvalue weighted by Gasteiger charge is -2.12. The van der Waals surface area contributed by atoms with Crippen LogP contribution in [0.4, 0.5) is 4.39 Å². The first-order chi connectivity index (χ1) is 12.9. The van der Waals surface area contributed by atoms with Gasteiger partial charge in [0.25, 0.3) is 5.91 Å². The molecule has 0 aliphatic rings. The summed E-state index contributed by atoms with van der Waals surface area (Å²) in [5, 5.41) is 16.1. The lowest BCUT2D eigenvalue weighted by atomic mass is 10.1. The Balaban J connectivity index is 1.70. The van der Waals surface area contributed by atoms with E-state index in [1.54, 1.807) is 36.1 Å². The van der Waals surface area contributed by atoms with Crippen LogP contribution in [-0.4, -0.2) is 32.2 Å². The summed E-state index contributed by atoms with van der Waals surface area (Å²) in [5.41, 5.74) is 1.12. The van der Waals surface area contributed by atoms with Crippen molar-refractivity contribution in [2.24, 2.45) is 0 Å². The molecule has 0 saturated carbocycles. The topological polar surface area (TPSA) is 99.4 Å². The van der Waals surface area contributed by atoms with E-state index in [2.05, 4.69) is 20.4 Å². The number of rotatable bonds is 5. The monoisotopic (exact) mass is 386 g/mol. The van der Waals surface area contributed by atoms with Gasteiger partial charge in [0, 0.05) is 24.5 Å². The van der Waals surface area contributed by atoms with Crippen LogP contribution in [0.25, 0.3) is 11.3 Å². The van der Waals surface area contributed by atoms with Crippen molar-refractivity contribution in [3.05, 3.63) is 58.5 Å². The van der Waals surface area contributed by atoms with E-state index in [0.717, 1.165) is 0 Å². The third-order valence-corrected chi connectivity index (χ3v) is 4.30. The SMILES string of the molecule is Cc1nc(C(=O)NCC(C)n2ccc(-c3cc(F)c(C#N)c(Cl)c3)n2)c[nH]1. The number of imidazole rings is 1. The zero-order valence-electron chi connectivity index (χ0n) is 14.6. The molecule has 27 heavy (non-hydrogen) atoms. The molecule has 0 fully saturated rings. The number of halogens is 2. The molecule has 0 aliphatic carbocycles. The van der Waals surface area contributed by atoms with Crippen LogP contribution in [0.15, 0.2) is 30.6 Å². The highest BCUT2D eigenvalue weighted by molar-refractivity contribution is 6.32. The highest BCUT2D eigenvalue weighted by atomic mass is 35.5. The summed E-state index contributed by atoms with van der Waals surface area (Å²) < 4.78 is 15.6. The van der Waals surface area contributed by atoms with Crippen molar-refractivity contribution in [1.29, 1.82) is 5.26 Å². The van der Waals surface area contributed by atoms with Crippen LogP contribution in [-0.2, 0) is 0 Å². The molecule has 1 unspecified atom stereocenters. The van der Waals surface area contributed by atoms with Crippen molar-refractivity contribution in [1.82, 2.24) is 25.1 Å². The third kappa shape index (κ3) is 3.99. The molecule has 3 aromatic rings. The fourth-order valence-corrected chi connectivity index (χ4v) is 2.77. The average Bonchev–Trinajstić information content (AvgIpc) is 3.28. The molecular formula is C18H16ClFN6O. The van der Waals surface area contributed by atoms with Gasteiger partial charge in [-0.25, -0.2) is 9.37 Å². The Morgan fingerprint density at radius 3 is 2.93 bits per heavy atom. The second-order valence-electron chi connectivity index (χ2n) is 6.04. The number of nitriles is 1. The maximum absolute atomic E-state index is 13.9. The fraction of sp³-hybridized carbons (Fsp3) is 0.222. The lowest BCUT2D eigenvalue weighted by Crippen LogP contribution is -2.30. The fourth-order valence-electron chi connectivity index (χ4n) is 2.52. The molecule has 0 bridgehead atoms. The molecular weight excluding hydrogens is 371 g/mol. The first-order valence-corrected chi connectivity index (χ1v) is 8.51. The quantitative estimate of drug-likeness (QED) is 0.703. The predicted octanol–water partition coefficient (Wildman–Crippen LogP) is 3.24. The van der Waals surface area contributed by atoms with E-state index in [1.807, 2.05) is 6.92 Å². The summed E-state index contributed by atoms with van der Waals surface area (Å²) in [7, 11) is 0. The number of nitrogens with zero attached hydrogens (tertiary/aromatic N) is 4. The molecule has 1 atom stereocenters. The largest absolute Gasteiger partial charge is 0.349 e. The molecule has 2 N–H and O–H groups in total. The number of carbonyl (C=O) groups excluding carboxylic acids is 1. The summed E-state index contributed by atoms with van der Waals surface area (Å²) >= 11 is 5.95. The van der Waals surface area contributed by atoms with Crippen molar-refractivity contribution in [2.45, 2.75) is 19.9 Å². The summed E-state index contributed by atoms with van der Waals surface area (Å²) in [6, 6.07) is 6.03. The van der Waals surface area contributed by atoms with Crippen LogP contribution >= 0.6 is 11.6 Å². The van der Waals surface area contributed by atoms with Gasteiger partial charge in [0.05, 0.1) is 16.8 Å². The van der Waals surface area contributed by atoms with Gasteiger partial charge in [-0.1, -0.05) is 11.6 Å². The van der Waals surface area contributed by atoms with Crippen molar-refractivity contribution < 1.29 is 9.18 Å². The molecule has 2 heterocycles. The summed E-state index contributed by atoms with van der Waals surface area (Å²) in [6.07, 6.45) is 3.28. The van der Waals surface area contributed by atoms with Gasteiger partial charge in [-0.05, 0) is 32.0 Å². The lowest BCUT2D eigenvalue weighted by molar-refractivity contribution is 0.0943. The van der Waals surface area contributed by atoms with Crippen LogP contribution < -0.4 is 5.32 Å². The number of aryl methyl sites for hydroxylation is 1. The second-order valence-corrected chi connectivity index (χ2v) is 6.45. The van der Waals surface area contributed by atoms with E-state index in [1.165, 1.54) is 12.1 Å². The Morgan fingerprint density at radius 2 is 2.30 bits per heavy atom. The molecule has 0 radical (unpaired) electrons. The molecule has 3 rings (SSSR count). The Kier molecular flexibility index (Phi) is 5.23. The standard InChI is InChI=1S/C18H16ClFN6O/c1-10(8-23-18(27)17-9-22-11(2)24-17)26-4-3-16(25-26)12-5-14(19)13(7-21)15(20)6-12/h3-6,9-10H,8H2,1-2H3,(H,22,24)(H,23,27). The molecule has 1 amide bonds. The van der Waals surface area contributed by atoms with Crippen LogP contribution in [0.3, 0.4) is 0 Å². The Bertz CT molecular complexity index is 1010. The van der Waals surface area contributed by atoms with Gasteiger partial charge >= 0.3 is 0 Å². The van der Waals surface area contributed by atoms with E-state index < -0.39 is 5.82 Å². The van der Waals surface area contributed by atoms with E-state index in [0.29, 0.717) is 29.3 Å². The minimum absolute atomic E-state index is 0.0386. The number of hydrogen-bond acceptors (Lipinski definition) is 4. The van der Waals surface area contributed by atoms with E-state index >= 15 is 0 Å². The number of nitrogens with one attached hydrogen (secondary N) is 2. The number of amides is 1. The van der Waals surface area contributed by atoms with Gasteiger partial charge < -0.3 is 10.3 Å². The van der Waals surface area contributed by atoms with Crippen LogP contribution in [0.2, 0.25) is 5.02 Å². The van der Waals surface area contributed by atoms with E-state index in [-0.39, 0.29) is 22.5 Å². The highest BCUT2D eigenvalue weighted by Crippen LogP contribution is 2.27. The van der Waals surface area contributed by atoms with Crippen LogP contribution in [0.1, 0.15) is 34.8 Å². The number of carbonyl (C=O) groups is 1. The highest BCUT2D eigenvalue weighted by Gasteiger charge is 2.15. The van der Waals surface area contributed by atoms with Gasteiger partial charge in [0.2, 0.25) is 0 Å². The smallest absolute Gasteiger partial charge is 0.271 e. The van der Waals surface area contributed by atoms with Crippen molar-refractivity contribution in [3.8, 4) is 17.3 Å². The van der Waals surface area contributed by atoms with Crippen molar-refractivity contribution >= 4 is 17.5 Å². The van der Waals surface area contributed by atoms with E-state index in [4.69, 9.17) is 16.9 Å². The minimum atomic E-state index is -0.691. The maximum Gasteiger partial charge on any atom is 0.271 e. The molecule has 9 heteroatoms. The molecule has 138 valence electrons. The molecule has 2 aromatic heterocycles. The first-order valence-electron chi connectivity index (χ1n) is 8.14. The maximum atomic E-state index is 13.9. The molecule has 0 saturated heterocycles. The molecule has 1 aromatic carbocycles. The number of hydrogen-bond donors (Lipinski definition) is 2. The number of benzene rings is 1. The summed E-state index contributed by atoms with van der Waals surface area (Å²) in [4.78, 5) is 19.0. The normalized spacial score (nSPS) is 11.8. The third-order valence-electron chi connectivity index (χ3n) is 4.01. The summed E-state index contributed by atoms with van der Waals surface area (Å²) in [5.74, 6) is -0.304. The Labute approximate surface area is 159 Å². The zero-order valence-corrected chi connectivity index (χ0v) is 15.4. The number of aromatic amines is 1. The Hall–Kier alpha value is -3.18. The Morgan fingerprint density at radius 1 is 1.52 bits per heavy atom. The minimum Gasteiger partial charge on any atom is -0.349 e. The summed E-state index contributed by atoms with van der Waals surface area (Å²) in [6.45, 7) is 4.00. The van der Waals surface area contributed by atoms with Crippen LogP contribution in [0.5, 0.6) is 0 Å². The van der Waals surface area contributed by atoms with Gasteiger partial charge in [-0.3, -0.25) is 9.48 Å². The molecule has 7 nitrogen and oxygen atoms in total. The number of aromatic nitrogens is 4. The second kappa shape index (κ2) is 7.60. The number of H-pyrrole nitrogens is 1. The van der Waals surface area contributed by atoms with Gasteiger partial charge in [-0.2, -0.15) is 10.4 Å². The van der Waals surface area contributed by atoms with Gasteiger partial charge in [0.15, 0.2) is 0 Å². The van der Waals surface area contributed by atoms with Crippen molar-refractivity contribution in [2.75, 3.05) is 6.54 Å². The van der Waals surface area contributed by atoms with Gasteiger partial charge in [-0.15, -0.1) is 0 Å². The predicted molar refractivity (Wildman–Crippen MR) is 97.7 cm³/mol. The average molecular weight is 387 g/mol. The first kappa shape index (κ1) is 18.6. The zero-order chi connectivity index (χ0) is 19.6. The van der Waals surface area contributed by atoms with Crippen molar-refractivity contribution in [3.63, 3.8) is 0 Å². The van der Waals surface area contributed by atoms with Crippen LogP contribution in [0, 0.1) is 24.1 Å².